The molecule has 0 aliphatic rings. The van der Waals surface area contributed by atoms with Crippen LogP contribution in [0.5, 0.6) is 0 Å². The third-order valence-electron chi connectivity index (χ3n) is 15.1. The van der Waals surface area contributed by atoms with Gasteiger partial charge in [-0.2, -0.15) is 0 Å². The van der Waals surface area contributed by atoms with E-state index in [9.17, 15) is 8.78 Å². The summed E-state index contributed by atoms with van der Waals surface area (Å²) in [7, 11) is 0. The quantitative estimate of drug-likeness (QED) is 0.130. The van der Waals surface area contributed by atoms with Crippen molar-refractivity contribution in [1.29, 1.82) is 0 Å². The Labute approximate surface area is 528 Å². The Bertz CT molecular complexity index is 5350. The fourth-order valence-electron chi connectivity index (χ4n) is 10.9. The molecule has 8 nitrogen and oxygen atoms in total. The van der Waals surface area contributed by atoms with E-state index in [1.165, 1.54) is 60.0 Å². The van der Waals surface area contributed by atoms with E-state index in [0.717, 1.165) is 86.5 Å². The second-order valence-corrected chi connectivity index (χ2v) is 28.8. The number of halogens is 2. The summed E-state index contributed by atoms with van der Waals surface area (Å²) in [5.74, 6) is -0.793. The van der Waals surface area contributed by atoms with Crippen LogP contribution in [0.25, 0.3) is 142 Å². The molecule has 8 heterocycles. The number of hydrogen-bond donors (Lipinski definition) is 0. The molecular weight excluding hydrogens is 1350 g/mol. The van der Waals surface area contributed by atoms with Gasteiger partial charge < -0.3 is 0 Å². The molecule has 0 fully saturated rings. The van der Waals surface area contributed by atoms with Crippen LogP contribution in [-0.2, 0) is 0 Å². The van der Waals surface area contributed by atoms with Gasteiger partial charge in [-0.3, -0.25) is 0 Å². The third kappa shape index (κ3) is 10.7. The van der Waals surface area contributed by atoms with Crippen LogP contribution in [0.1, 0.15) is 11.1 Å². The summed E-state index contributed by atoms with van der Waals surface area (Å²) in [6.07, 6.45) is 7.22. The molecule has 0 aliphatic carbocycles. The van der Waals surface area contributed by atoms with Crippen molar-refractivity contribution in [3.8, 4) is 45.0 Å². The van der Waals surface area contributed by atoms with Crippen molar-refractivity contribution >= 4 is 158 Å². The number of benzene rings is 8. The second-order valence-electron chi connectivity index (χ2n) is 20.2. The van der Waals surface area contributed by atoms with Gasteiger partial charge >= 0.3 is 533 Å². The summed E-state index contributed by atoms with van der Waals surface area (Å²) in [6.45, 7) is 33.0. The zero-order chi connectivity index (χ0) is 60.4. The molecule has 0 bridgehead atoms. The Kier molecular flexibility index (Phi) is 16.2. The van der Waals surface area contributed by atoms with Crippen molar-refractivity contribution in [3.05, 3.63) is 287 Å². The van der Waals surface area contributed by atoms with Gasteiger partial charge in [0.1, 0.15) is 0 Å². The number of aryl methyl sites for hydroxylation is 2. The predicted octanol–water partition coefficient (Wildman–Crippen LogP) is 19.5. The number of fused-ring (bicyclic) bond motifs is 12. The van der Waals surface area contributed by atoms with Gasteiger partial charge in [0.2, 0.25) is 0 Å². The zero-order valence-corrected chi connectivity index (χ0v) is 53.6. The summed E-state index contributed by atoms with van der Waals surface area (Å²) in [6, 6.07) is 63.6. The summed E-state index contributed by atoms with van der Waals surface area (Å²) < 4.78 is 37.6. The van der Waals surface area contributed by atoms with Gasteiger partial charge in [0, 0.05) is 0 Å². The average Bonchev–Trinajstić information content (AvgIpc) is 2.04. The fraction of sp³-hybridized carbons (Fsp3) is 0.0270. The van der Waals surface area contributed by atoms with Crippen molar-refractivity contribution in [2.24, 2.45) is 0 Å². The number of nitrogens with zero attached hydrogens (tertiary/aromatic N) is 8. The molecule has 88 heavy (non-hydrogen) atoms. The van der Waals surface area contributed by atoms with Gasteiger partial charge in [0.15, 0.2) is 0 Å². The summed E-state index contributed by atoms with van der Waals surface area (Å²) in [4.78, 5) is 31.8. The molecule has 14 heteroatoms. The monoisotopic (exact) mass is 1400 g/mol. The second kappa shape index (κ2) is 24.9. The minimum absolute atomic E-state index is 0.0826. The van der Waals surface area contributed by atoms with Crippen LogP contribution in [0.15, 0.2) is 219 Å². The van der Waals surface area contributed by atoms with Crippen molar-refractivity contribution in [2.45, 2.75) is 13.8 Å². The molecule has 0 unspecified atom stereocenters. The molecule has 0 saturated heterocycles. The van der Waals surface area contributed by atoms with Crippen LogP contribution in [0.4, 0.5) is 31.5 Å². The normalized spacial score (nSPS) is 10.9. The van der Waals surface area contributed by atoms with Crippen LogP contribution in [-0.4, -0.2) is 78.0 Å². The Morgan fingerprint density at radius 2 is 0.716 bits per heavy atom. The number of pyridine rings is 4. The van der Waals surface area contributed by atoms with E-state index < -0.39 is 5.82 Å². The maximum atomic E-state index is 14.5. The molecular formula is C74H42F2N8Se4. The predicted molar refractivity (Wildman–Crippen MR) is 361 cm³/mol. The van der Waals surface area contributed by atoms with Gasteiger partial charge in [-0.25, -0.2) is 0 Å². The third-order valence-corrected chi connectivity index (χ3v) is 25.8. The molecule has 8 aromatic carbocycles. The molecule has 416 valence electrons. The van der Waals surface area contributed by atoms with Crippen molar-refractivity contribution < 1.29 is 8.78 Å². The molecule has 0 N–H and O–H groups in total. The molecule has 16 rings (SSSR count). The molecule has 0 spiro atoms. The van der Waals surface area contributed by atoms with Crippen LogP contribution >= 0.6 is 0 Å². The molecule has 8 aromatic heterocycles. The van der Waals surface area contributed by atoms with Crippen molar-refractivity contribution in [1.82, 2.24) is 19.9 Å². The first-order valence-corrected chi connectivity index (χ1v) is 34.3. The van der Waals surface area contributed by atoms with E-state index in [4.69, 9.17) is 26.3 Å². The van der Waals surface area contributed by atoms with Crippen LogP contribution in [0.2, 0.25) is 0 Å². The van der Waals surface area contributed by atoms with Crippen LogP contribution in [0.3, 0.4) is 0 Å². The summed E-state index contributed by atoms with van der Waals surface area (Å²) in [5, 5.41) is 9.25. The van der Waals surface area contributed by atoms with E-state index >= 15 is 0 Å². The first kappa shape index (κ1) is 57.3. The number of aromatic nitrogens is 4. The first-order valence-electron chi connectivity index (χ1n) is 27.5. The molecule has 0 amide bonds. The average molecular weight is 1400 g/mol. The van der Waals surface area contributed by atoms with Gasteiger partial charge in [0.05, 0.1) is 0 Å². The molecule has 0 radical (unpaired) electrons. The van der Waals surface area contributed by atoms with Crippen molar-refractivity contribution in [2.75, 3.05) is 0 Å². The van der Waals surface area contributed by atoms with E-state index in [0.29, 0.717) is 4.26 Å². The topological polar surface area (TPSA) is 69.0 Å². The molecule has 0 aliphatic heterocycles. The van der Waals surface area contributed by atoms with Crippen molar-refractivity contribution in [3.63, 3.8) is 0 Å². The van der Waals surface area contributed by atoms with Crippen LogP contribution < -0.4 is 0 Å². The first-order chi connectivity index (χ1) is 43.2. The standard InChI is InChI=1S/2C19H12N2Se.2C18H9FN2Se/c1-12-16(20-2)10-9-14-13-6-5-7-15(19(13)22-18(12)14)17-8-3-4-11-21-17;1-12-10-15-13-6-5-7-14(16-8-3-4-9-21-16)19(13)22-18(15)11-17(12)20-2;1-20-16-14(19)9-8-12-11-5-4-6-13(17(11)22-18(12)16)15-7-2-3-10-21-15;1-20-15-9-8-12-11-5-4-6-13(14-7-2-3-10-21-14)17(11)22-18(12)16(15)19/h2*3-11H,1H3;2*2-10H. The Hall–Kier alpha value is -9.74. The Balaban J connectivity index is 0.000000108. The van der Waals surface area contributed by atoms with E-state index in [1.54, 1.807) is 24.5 Å². The van der Waals surface area contributed by atoms with E-state index in [1.807, 2.05) is 129 Å². The molecule has 16 aromatic rings. The van der Waals surface area contributed by atoms with Crippen LogP contribution in [0, 0.1) is 51.8 Å². The van der Waals surface area contributed by atoms with Gasteiger partial charge in [-0.05, 0) is 0 Å². The molecule has 0 saturated carbocycles. The minimum atomic E-state index is -0.428. The summed E-state index contributed by atoms with van der Waals surface area (Å²) in [5.41, 5.74) is 12.4. The van der Waals surface area contributed by atoms with Gasteiger partial charge in [-0.1, -0.05) is 0 Å². The van der Waals surface area contributed by atoms with E-state index in [-0.39, 0.29) is 75.2 Å². The number of hydrogen-bond acceptors (Lipinski definition) is 4. The molecule has 0 atom stereocenters. The zero-order valence-electron chi connectivity index (χ0n) is 46.8. The summed E-state index contributed by atoms with van der Waals surface area (Å²) >= 11 is 0.222. The SMILES string of the molecule is [C-]#[N+]c1c(F)ccc2c1[se]c1c(-c3ccccn3)cccc12.[C-]#[N+]c1cc2[se]c3c(-c4ccccn4)cccc3c2cc1C.[C-]#[N+]c1ccc2c([se]c3c(-c4ccccn4)cccc32)c1C.[C-]#[N+]c1ccc2c([se]c3c(-c4ccccn4)cccc32)c1F. The van der Waals surface area contributed by atoms with Gasteiger partial charge in [0.25, 0.3) is 0 Å². The van der Waals surface area contributed by atoms with E-state index in [2.05, 4.69) is 113 Å². The Morgan fingerprint density at radius 1 is 0.330 bits per heavy atom. The van der Waals surface area contributed by atoms with Gasteiger partial charge in [-0.15, -0.1) is 0 Å². The number of rotatable bonds is 4. The fourth-order valence-corrected chi connectivity index (χ4v) is 21.6. The Morgan fingerprint density at radius 3 is 1.16 bits per heavy atom. The maximum absolute atomic E-state index is 14.5.